The van der Waals surface area contributed by atoms with E-state index in [0.717, 1.165) is 5.23 Å². The number of rotatable bonds is 2. The van der Waals surface area contributed by atoms with Crippen molar-refractivity contribution in [2.45, 2.75) is 12.6 Å². The first-order valence-electron chi connectivity index (χ1n) is 4.18. The lowest BCUT2D eigenvalue weighted by atomic mass is 10.1. The maximum Gasteiger partial charge on any atom is 0.310 e. The molecule has 0 aliphatic carbocycles. The van der Waals surface area contributed by atoms with Crippen LogP contribution in [0.2, 0.25) is 0 Å². The minimum Gasteiger partial charge on any atom is -0.481 e. The van der Waals surface area contributed by atoms with Crippen molar-refractivity contribution in [1.82, 2.24) is 5.23 Å². The lowest BCUT2D eigenvalue weighted by Crippen LogP contribution is -2.38. The van der Waals surface area contributed by atoms with Gasteiger partial charge in [-0.3, -0.25) is 14.5 Å². The van der Waals surface area contributed by atoms with Crippen molar-refractivity contribution in [1.29, 1.82) is 0 Å². The van der Waals surface area contributed by atoms with Crippen LogP contribution in [0.25, 0.3) is 0 Å². The number of carboxylic acid groups (broad SMARTS) is 1. The molecule has 0 aromatic rings. The Morgan fingerprint density at radius 2 is 2.00 bits per heavy atom. The zero-order valence-electron chi connectivity index (χ0n) is 7.01. The Kier molecular flexibility index (Phi) is 2.45. The summed E-state index contributed by atoms with van der Waals surface area (Å²) in [6.07, 6.45) is -0.0940. The second-order valence-electron chi connectivity index (χ2n) is 2.95. The van der Waals surface area contributed by atoms with Crippen molar-refractivity contribution in [3.8, 4) is 0 Å². The summed E-state index contributed by atoms with van der Waals surface area (Å²) in [7, 11) is 0. The van der Waals surface area contributed by atoms with Crippen LogP contribution >= 0.6 is 0 Å². The fraction of sp³-hybridized carbons (Fsp3) is 0.857. The van der Waals surface area contributed by atoms with Crippen LogP contribution in [0, 0.1) is 5.92 Å². The van der Waals surface area contributed by atoms with Gasteiger partial charge in [0.05, 0.1) is 13.2 Å². The summed E-state index contributed by atoms with van der Waals surface area (Å²) in [5, 5.41) is 9.98. The van der Waals surface area contributed by atoms with Crippen molar-refractivity contribution >= 4 is 5.97 Å². The maximum absolute atomic E-state index is 10.8. The largest absolute Gasteiger partial charge is 0.481 e. The minimum atomic E-state index is -0.874. The number of ether oxygens (including phenoxy) is 1. The Hall–Kier alpha value is -0.690. The van der Waals surface area contributed by atoms with Gasteiger partial charge in [0.2, 0.25) is 0 Å². The molecular formula is C7H11NO5. The van der Waals surface area contributed by atoms with Crippen molar-refractivity contribution in [2.75, 3.05) is 19.8 Å². The Morgan fingerprint density at radius 3 is 2.62 bits per heavy atom. The lowest BCUT2D eigenvalue weighted by molar-refractivity contribution is -0.367. The third-order valence-electron chi connectivity index (χ3n) is 2.11. The summed E-state index contributed by atoms with van der Waals surface area (Å²) in [5.74, 6) is -1.43. The highest BCUT2D eigenvalue weighted by Gasteiger charge is 2.41. The summed E-state index contributed by atoms with van der Waals surface area (Å²) < 4.78 is 5.21. The van der Waals surface area contributed by atoms with Gasteiger partial charge in [-0.25, -0.2) is 0 Å². The fourth-order valence-electron chi connectivity index (χ4n) is 1.47. The van der Waals surface area contributed by atoms with E-state index in [-0.39, 0.29) is 0 Å². The van der Waals surface area contributed by atoms with E-state index in [1.807, 2.05) is 0 Å². The molecule has 0 spiro atoms. The lowest BCUT2D eigenvalue weighted by Gasteiger charge is -2.21. The van der Waals surface area contributed by atoms with Crippen molar-refractivity contribution in [2.24, 2.45) is 5.92 Å². The normalized spacial score (nSPS) is 35.4. The monoisotopic (exact) mass is 189 g/mol. The highest BCUT2D eigenvalue weighted by Crippen LogP contribution is 2.26. The average Bonchev–Trinajstić information content (AvgIpc) is 2.74. The molecule has 6 nitrogen and oxygen atoms in total. The molecule has 74 valence electrons. The van der Waals surface area contributed by atoms with Crippen LogP contribution in [0.1, 0.15) is 6.42 Å². The Balaban J connectivity index is 2.00. The van der Waals surface area contributed by atoms with E-state index in [0.29, 0.717) is 26.2 Å². The topological polar surface area (TPSA) is 68.2 Å². The number of carboxylic acids is 1. The molecule has 2 heterocycles. The molecule has 13 heavy (non-hydrogen) atoms. The maximum atomic E-state index is 10.8. The van der Waals surface area contributed by atoms with Gasteiger partial charge in [0.15, 0.2) is 6.23 Å². The molecular weight excluding hydrogens is 178 g/mol. The van der Waals surface area contributed by atoms with Gasteiger partial charge in [-0.1, -0.05) is 0 Å². The number of hydroxylamine groups is 2. The zero-order chi connectivity index (χ0) is 9.26. The van der Waals surface area contributed by atoms with Crippen molar-refractivity contribution in [3.63, 3.8) is 0 Å². The molecule has 2 rings (SSSR count). The van der Waals surface area contributed by atoms with Crippen LogP contribution in [-0.2, 0) is 19.2 Å². The number of nitrogens with zero attached hydrogens (tertiary/aromatic N) is 1. The molecule has 0 radical (unpaired) electrons. The van der Waals surface area contributed by atoms with E-state index < -0.39 is 18.1 Å². The Labute approximate surface area is 74.9 Å². The van der Waals surface area contributed by atoms with Crippen molar-refractivity contribution < 1.29 is 24.3 Å². The van der Waals surface area contributed by atoms with Gasteiger partial charge in [-0.2, -0.15) is 0 Å². The number of hydrogen-bond donors (Lipinski definition) is 1. The van der Waals surface area contributed by atoms with Crippen molar-refractivity contribution in [3.05, 3.63) is 0 Å². The Morgan fingerprint density at radius 1 is 1.31 bits per heavy atom. The van der Waals surface area contributed by atoms with E-state index in [2.05, 4.69) is 0 Å². The molecule has 0 amide bonds. The molecule has 2 atom stereocenters. The predicted molar refractivity (Wildman–Crippen MR) is 39.2 cm³/mol. The zero-order valence-corrected chi connectivity index (χ0v) is 7.01. The minimum absolute atomic E-state index is 0.435. The first-order chi connectivity index (χ1) is 6.29. The SMILES string of the molecule is O=C(O)C1CCOC1N1OCCO1. The van der Waals surface area contributed by atoms with Gasteiger partial charge in [0.1, 0.15) is 5.92 Å². The van der Waals surface area contributed by atoms with Crippen LogP contribution in [0.15, 0.2) is 0 Å². The second kappa shape index (κ2) is 3.59. The van der Waals surface area contributed by atoms with Crippen LogP contribution in [0.5, 0.6) is 0 Å². The summed E-state index contributed by atoms with van der Waals surface area (Å²) in [6.45, 7) is 1.34. The molecule has 6 heteroatoms. The summed E-state index contributed by atoms with van der Waals surface area (Å²) >= 11 is 0. The van der Waals surface area contributed by atoms with Gasteiger partial charge in [0, 0.05) is 6.61 Å². The predicted octanol–water partition coefficient (Wildman–Crippen LogP) is -0.388. The smallest absolute Gasteiger partial charge is 0.310 e. The third-order valence-corrected chi connectivity index (χ3v) is 2.11. The Bertz CT molecular complexity index is 203. The highest BCUT2D eigenvalue weighted by molar-refractivity contribution is 5.70. The van der Waals surface area contributed by atoms with E-state index in [1.165, 1.54) is 0 Å². The average molecular weight is 189 g/mol. The molecule has 1 N–H and O–H groups in total. The number of carbonyl (C=O) groups is 1. The quantitative estimate of drug-likeness (QED) is 0.638. The summed E-state index contributed by atoms with van der Waals surface area (Å²) in [6, 6.07) is 0. The molecule has 0 aromatic heterocycles. The number of hydrogen-bond acceptors (Lipinski definition) is 5. The van der Waals surface area contributed by atoms with Crippen LogP contribution in [0.4, 0.5) is 0 Å². The van der Waals surface area contributed by atoms with E-state index in [4.69, 9.17) is 19.5 Å². The van der Waals surface area contributed by atoms with Gasteiger partial charge < -0.3 is 9.84 Å². The van der Waals surface area contributed by atoms with Gasteiger partial charge in [-0.05, 0) is 11.6 Å². The number of aliphatic carboxylic acids is 1. The molecule has 2 saturated heterocycles. The van der Waals surface area contributed by atoms with E-state index in [1.54, 1.807) is 0 Å². The summed E-state index contributed by atoms with van der Waals surface area (Å²) in [4.78, 5) is 20.8. The molecule has 0 bridgehead atoms. The molecule has 2 fully saturated rings. The first-order valence-corrected chi connectivity index (χ1v) is 4.18. The molecule has 0 saturated carbocycles. The summed E-state index contributed by atoms with van der Waals surface area (Å²) in [5.41, 5.74) is 0. The molecule has 2 unspecified atom stereocenters. The molecule has 0 aromatic carbocycles. The molecule has 2 aliphatic heterocycles. The van der Waals surface area contributed by atoms with E-state index in [9.17, 15) is 4.79 Å². The fourth-order valence-corrected chi connectivity index (χ4v) is 1.47. The second-order valence-corrected chi connectivity index (χ2v) is 2.95. The van der Waals surface area contributed by atoms with Gasteiger partial charge >= 0.3 is 5.97 Å². The first kappa shape index (κ1) is 8.89. The van der Waals surface area contributed by atoms with Gasteiger partial charge in [-0.15, -0.1) is 0 Å². The standard InChI is InChI=1S/C7H11NO5/c9-7(10)5-1-2-11-6(5)8-12-3-4-13-8/h5-6H,1-4H2,(H,9,10). The molecule has 2 aliphatic rings. The van der Waals surface area contributed by atoms with Crippen LogP contribution in [0.3, 0.4) is 0 Å². The van der Waals surface area contributed by atoms with Crippen LogP contribution < -0.4 is 0 Å². The highest BCUT2D eigenvalue weighted by atomic mass is 17.0. The third kappa shape index (κ3) is 1.66. The van der Waals surface area contributed by atoms with Crippen LogP contribution in [-0.4, -0.2) is 42.4 Å². The van der Waals surface area contributed by atoms with Gasteiger partial charge in [0.25, 0.3) is 0 Å². The van der Waals surface area contributed by atoms with E-state index >= 15 is 0 Å².